The molecule has 1 aliphatic heterocycles. The molecule has 0 unspecified atom stereocenters. The average molecular weight is 404 g/mol. The molecule has 0 aromatic heterocycles. The fourth-order valence-electron chi connectivity index (χ4n) is 4.16. The van der Waals surface area contributed by atoms with E-state index in [0.29, 0.717) is 24.6 Å². The summed E-state index contributed by atoms with van der Waals surface area (Å²) in [6.07, 6.45) is 0.0698. The van der Waals surface area contributed by atoms with Crippen molar-refractivity contribution in [2.24, 2.45) is 0 Å². The third-order valence-electron chi connectivity index (χ3n) is 5.80. The van der Waals surface area contributed by atoms with Gasteiger partial charge >= 0.3 is 0 Å². The van der Waals surface area contributed by atoms with Crippen molar-refractivity contribution < 1.29 is 10.2 Å². The molecule has 1 heterocycles. The van der Waals surface area contributed by atoms with Crippen LogP contribution in [0.5, 0.6) is 11.5 Å². The highest BCUT2D eigenvalue weighted by Crippen LogP contribution is 2.35. The van der Waals surface area contributed by atoms with Crippen molar-refractivity contribution in [3.8, 4) is 11.5 Å². The van der Waals surface area contributed by atoms with Gasteiger partial charge in [0, 0.05) is 57.1 Å². The van der Waals surface area contributed by atoms with Gasteiger partial charge in [-0.05, 0) is 29.8 Å². The number of para-hydroxylation sites is 2. The summed E-state index contributed by atoms with van der Waals surface area (Å²) in [6, 6.07) is 23.7. The number of anilines is 1. The Balaban J connectivity index is 1.64. The zero-order chi connectivity index (χ0) is 21.1. The van der Waals surface area contributed by atoms with Crippen molar-refractivity contribution in [3.05, 3.63) is 89.5 Å². The molecule has 5 nitrogen and oxygen atoms in total. The standard InChI is InChI=1S/C25H29N3O2/c1-26(2)22-13-11-19(12-14-22)25-27(17-20-7-3-5-9-23(20)29)15-16-28(25)18-21-8-4-6-10-24(21)30/h3-14,25,29-30H,15-18H2,1-2H3. The molecular formula is C25H29N3O2. The Morgan fingerprint density at radius 1 is 0.733 bits per heavy atom. The van der Waals surface area contributed by atoms with Crippen molar-refractivity contribution in [2.75, 3.05) is 32.1 Å². The van der Waals surface area contributed by atoms with Crippen LogP contribution in [-0.2, 0) is 13.1 Å². The van der Waals surface area contributed by atoms with E-state index < -0.39 is 0 Å². The highest BCUT2D eigenvalue weighted by molar-refractivity contribution is 5.46. The largest absolute Gasteiger partial charge is 0.508 e. The van der Waals surface area contributed by atoms with Gasteiger partial charge in [-0.15, -0.1) is 0 Å². The SMILES string of the molecule is CN(C)c1ccc(C2N(Cc3ccccc3O)CCN2Cc2ccccc2O)cc1. The van der Waals surface area contributed by atoms with Crippen LogP contribution in [0.15, 0.2) is 72.8 Å². The highest BCUT2D eigenvalue weighted by Gasteiger charge is 2.33. The monoisotopic (exact) mass is 403 g/mol. The van der Waals surface area contributed by atoms with Gasteiger partial charge in [0.05, 0.1) is 6.17 Å². The van der Waals surface area contributed by atoms with E-state index in [-0.39, 0.29) is 6.17 Å². The minimum atomic E-state index is 0.0698. The predicted molar refractivity (Wildman–Crippen MR) is 121 cm³/mol. The number of phenols is 2. The maximum Gasteiger partial charge on any atom is 0.120 e. The molecule has 0 atom stereocenters. The Morgan fingerprint density at radius 2 is 1.20 bits per heavy atom. The topological polar surface area (TPSA) is 50.2 Å². The van der Waals surface area contributed by atoms with Gasteiger partial charge in [0.15, 0.2) is 0 Å². The molecular weight excluding hydrogens is 374 g/mol. The van der Waals surface area contributed by atoms with E-state index in [9.17, 15) is 10.2 Å². The lowest BCUT2D eigenvalue weighted by molar-refractivity contribution is 0.124. The number of phenolic OH excluding ortho intramolecular Hbond substituents is 2. The normalized spacial score (nSPS) is 15.5. The van der Waals surface area contributed by atoms with Crippen LogP contribution in [0.25, 0.3) is 0 Å². The lowest BCUT2D eigenvalue weighted by Crippen LogP contribution is -2.30. The Labute approximate surface area is 178 Å². The molecule has 1 aliphatic rings. The van der Waals surface area contributed by atoms with Crippen LogP contribution >= 0.6 is 0 Å². The van der Waals surface area contributed by atoms with Crippen LogP contribution < -0.4 is 4.90 Å². The fraction of sp³-hybridized carbons (Fsp3) is 0.280. The van der Waals surface area contributed by atoms with Crippen molar-refractivity contribution in [1.29, 1.82) is 0 Å². The molecule has 5 heteroatoms. The Kier molecular flexibility index (Phi) is 5.93. The zero-order valence-electron chi connectivity index (χ0n) is 17.6. The molecule has 0 aliphatic carbocycles. The molecule has 156 valence electrons. The van der Waals surface area contributed by atoms with E-state index in [4.69, 9.17) is 0 Å². The fourth-order valence-corrected chi connectivity index (χ4v) is 4.16. The van der Waals surface area contributed by atoms with Crippen LogP contribution in [0.2, 0.25) is 0 Å². The molecule has 2 N–H and O–H groups in total. The van der Waals surface area contributed by atoms with E-state index in [2.05, 4.69) is 39.0 Å². The van der Waals surface area contributed by atoms with Gasteiger partial charge in [0.2, 0.25) is 0 Å². The summed E-state index contributed by atoms with van der Waals surface area (Å²) in [5.41, 5.74) is 4.23. The summed E-state index contributed by atoms with van der Waals surface area (Å²) < 4.78 is 0. The Bertz CT molecular complexity index is 932. The summed E-state index contributed by atoms with van der Waals surface area (Å²) in [5.74, 6) is 0.664. The first-order valence-electron chi connectivity index (χ1n) is 10.3. The van der Waals surface area contributed by atoms with Crippen LogP contribution in [0.1, 0.15) is 22.9 Å². The van der Waals surface area contributed by atoms with Crippen molar-refractivity contribution in [2.45, 2.75) is 19.3 Å². The van der Waals surface area contributed by atoms with Crippen LogP contribution in [0.4, 0.5) is 5.69 Å². The minimum Gasteiger partial charge on any atom is -0.508 e. The maximum atomic E-state index is 10.3. The van der Waals surface area contributed by atoms with Gasteiger partial charge < -0.3 is 15.1 Å². The van der Waals surface area contributed by atoms with Gasteiger partial charge in [-0.25, -0.2) is 0 Å². The van der Waals surface area contributed by atoms with Crippen molar-refractivity contribution in [3.63, 3.8) is 0 Å². The first kappa shape index (κ1) is 20.3. The van der Waals surface area contributed by atoms with E-state index in [1.54, 1.807) is 12.1 Å². The van der Waals surface area contributed by atoms with Crippen LogP contribution in [0, 0.1) is 0 Å². The summed E-state index contributed by atoms with van der Waals surface area (Å²) in [7, 11) is 4.08. The highest BCUT2D eigenvalue weighted by atomic mass is 16.3. The van der Waals surface area contributed by atoms with Gasteiger partial charge in [-0.3, -0.25) is 9.80 Å². The van der Waals surface area contributed by atoms with Crippen LogP contribution in [-0.4, -0.2) is 47.2 Å². The molecule has 0 amide bonds. The molecule has 0 radical (unpaired) electrons. The van der Waals surface area contributed by atoms with E-state index >= 15 is 0 Å². The molecule has 0 spiro atoms. The second kappa shape index (κ2) is 8.78. The van der Waals surface area contributed by atoms with Gasteiger partial charge in [-0.1, -0.05) is 48.5 Å². The second-order valence-electron chi connectivity index (χ2n) is 8.06. The third-order valence-corrected chi connectivity index (χ3v) is 5.80. The number of hydrogen-bond acceptors (Lipinski definition) is 5. The first-order chi connectivity index (χ1) is 14.5. The third kappa shape index (κ3) is 4.27. The van der Waals surface area contributed by atoms with E-state index in [1.165, 1.54) is 5.56 Å². The molecule has 3 aromatic carbocycles. The number of benzene rings is 3. The van der Waals surface area contributed by atoms with Gasteiger partial charge in [-0.2, -0.15) is 0 Å². The van der Waals surface area contributed by atoms with Crippen molar-refractivity contribution in [1.82, 2.24) is 9.80 Å². The van der Waals surface area contributed by atoms with Crippen molar-refractivity contribution >= 4 is 5.69 Å². The number of rotatable bonds is 6. The summed E-state index contributed by atoms with van der Waals surface area (Å²) in [5, 5.41) is 20.6. The summed E-state index contributed by atoms with van der Waals surface area (Å²) >= 11 is 0. The summed E-state index contributed by atoms with van der Waals surface area (Å²) in [6.45, 7) is 3.12. The summed E-state index contributed by atoms with van der Waals surface area (Å²) in [4.78, 5) is 6.87. The maximum absolute atomic E-state index is 10.3. The van der Waals surface area contributed by atoms with Crippen LogP contribution in [0.3, 0.4) is 0 Å². The van der Waals surface area contributed by atoms with E-state index in [1.807, 2.05) is 50.5 Å². The average Bonchev–Trinajstić information content (AvgIpc) is 3.13. The molecule has 1 saturated heterocycles. The quantitative estimate of drug-likeness (QED) is 0.647. The minimum absolute atomic E-state index is 0.0698. The lowest BCUT2D eigenvalue weighted by Gasteiger charge is -2.31. The first-order valence-corrected chi connectivity index (χ1v) is 10.3. The number of nitrogens with zero attached hydrogens (tertiary/aromatic N) is 3. The van der Waals surface area contributed by atoms with Gasteiger partial charge in [0.25, 0.3) is 0 Å². The lowest BCUT2D eigenvalue weighted by atomic mass is 10.1. The molecule has 0 saturated carbocycles. The Morgan fingerprint density at radius 3 is 1.63 bits per heavy atom. The van der Waals surface area contributed by atoms with E-state index in [0.717, 1.165) is 29.9 Å². The molecule has 1 fully saturated rings. The Hall–Kier alpha value is -3.02. The number of aromatic hydroxyl groups is 2. The number of hydrogen-bond donors (Lipinski definition) is 2. The molecule has 4 rings (SSSR count). The molecule has 30 heavy (non-hydrogen) atoms. The zero-order valence-corrected chi connectivity index (χ0v) is 17.6. The predicted octanol–water partition coefficient (Wildman–Crippen LogP) is 4.18. The smallest absolute Gasteiger partial charge is 0.120 e. The molecule has 0 bridgehead atoms. The molecule has 3 aromatic rings. The van der Waals surface area contributed by atoms with Gasteiger partial charge in [0.1, 0.15) is 11.5 Å². The second-order valence-corrected chi connectivity index (χ2v) is 8.06.